The normalized spacial score (nSPS) is 17.5. The highest BCUT2D eigenvalue weighted by Crippen LogP contribution is 2.37. The topological polar surface area (TPSA) is 20.3 Å². The molecule has 120 valence electrons. The fourth-order valence-corrected chi connectivity index (χ4v) is 3.90. The standard InChI is InChI=1S/C19H20FNOS/c1-14-12-13-21(17-4-2-3-5-18(17)23-14)19(22)11-8-15-6-9-16(20)10-7-15/h2-7,9-10,14H,8,11-13H2,1H3. The highest BCUT2D eigenvalue weighted by molar-refractivity contribution is 8.00. The van der Waals surface area contributed by atoms with Gasteiger partial charge < -0.3 is 4.90 Å². The Morgan fingerprint density at radius 3 is 2.74 bits per heavy atom. The van der Waals surface area contributed by atoms with E-state index in [2.05, 4.69) is 13.0 Å². The fraction of sp³-hybridized carbons (Fsp3) is 0.316. The third kappa shape index (κ3) is 3.94. The van der Waals surface area contributed by atoms with Crippen molar-refractivity contribution in [3.8, 4) is 0 Å². The van der Waals surface area contributed by atoms with Crippen molar-refractivity contribution in [3.05, 3.63) is 59.9 Å². The van der Waals surface area contributed by atoms with Gasteiger partial charge in [-0.05, 0) is 42.7 Å². The summed E-state index contributed by atoms with van der Waals surface area (Å²) in [6.45, 7) is 2.96. The van der Waals surface area contributed by atoms with Crippen LogP contribution in [-0.4, -0.2) is 17.7 Å². The molecular weight excluding hydrogens is 309 g/mol. The van der Waals surface area contributed by atoms with Crippen LogP contribution in [-0.2, 0) is 11.2 Å². The summed E-state index contributed by atoms with van der Waals surface area (Å²) in [5, 5.41) is 0.506. The third-order valence-corrected chi connectivity index (χ3v) is 5.32. The van der Waals surface area contributed by atoms with E-state index in [1.54, 1.807) is 12.1 Å². The van der Waals surface area contributed by atoms with E-state index in [-0.39, 0.29) is 11.7 Å². The van der Waals surface area contributed by atoms with Crippen molar-refractivity contribution in [1.29, 1.82) is 0 Å². The van der Waals surface area contributed by atoms with Gasteiger partial charge in [-0.2, -0.15) is 0 Å². The number of carbonyl (C=O) groups excluding carboxylic acids is 1. The minimum Gasteiger partial charge on any atom is -0.311 e. The fourth-order valence-electron chi connectivity index (χ4n) is 2.78. The number of benzene rings is 2. The van der Waals surface area contributed by atoms with Gasteiger partial charge in [0.25, 0.3) is 0 Å². The van der Waals surface area contributed by atoms with Crippen molar-refractivity contribution in [3.63, 3.8) is 0 Å². The lowest BCUT2D eigenvalue weighted by Crippen LogP contribution is -2.32. The van der Waals surface area contributed by atoms with Gasteiger partial charge in [-0.25, -0.2) is 4.39 Å². The van der Waals surface area contributed by atoms with Crippen LogP contribution >= 0.6 is 11.8 Å². The van der Waals surface area contributed by atoms with E-state index in [0.717, 1.165) is 24.2 Å². The largest absolute Gasteiger partial charge is 0.311 e. The molecule has 2 aromatic rings. The molecular formula is C19H20FNOS. The summed E-state index contributed by atoms with van der Waals surface area (Å²) in [5.74, 6) is -0.107. The first kappa shape index (κ1) is 16.1. The zero-order chi connectivity index (χ0) is 16.2. The summed E-state index contributed by atoms with van der Waals surface area (Å²) in [4.78, 5) is 15.8. The Hall–Kier alpha value is -1.81. The van der Waals surface area contributed by atoms with E-state index in [0.29, 0.717) is 18.1 Å². The van der Waals surface area contributed by atoms with Crippen molar-refractivity contribution < 1.29 is 9.18 Å². The van der Waals surface area contributed by atoms with Gasteiger partial charge in [-0.15, -0.1) is 11.8 Å². The molecule has 0 N–H and O–H groups in total. The van der Waals surface area contributed by atoms with Crippen LogP contribution < -0.4 is 4.90 Å². The molecule has 0 fully saturated rings. The molecule has 1 heterocycles. The Bertz CT molecular complexity index is 686. The van der Waals surface area contributed by atoms with E-state index in [1.807, 2.05) is 34.9 Å². The SMILES string of the molecule is CC1CCN(C(=O)CCc2ccc(F)cc2)c2ccccc2S1. The number of fused-ring (bicyclic) bond motifs is 1. The van der Waals surface area contributed by atoms with E-state index in [1.165, 1.54) is 17.0 Å². The molecule has 1 amide bonds. The van der Waals surface area contributed by atoms with Crippen LogP contribution in [0.3, 0.4) is 0 Å². The first-order chi connectivity index (χ1) is 11.1. The zero-order valence-electron chi connectivity index (χ0n) is 13.2. The second kappa shape index (κ2) is 7.18. The predicted octanol–water partition coefficient (Wildman–Crippen LogP) is 4.68. The molecule has 0 saturated carbocycles. The number of aryl methyl sites for hydroxylation is 1. The summed E-state index contributed by atoms with van der Waals surface area (Å²) >= 11 is 1.83. The van der Waals surface area contributed by atoms with Crippen molar-refractivity contribution in [2.75, 3.05) is 11.4 Å². The number of nitrogens with zero attached hydrogens (tertiary/aromatic N) is 1. The minimum absolute atomic E-state index is 0.136. The predicted molar refractivity (Wildman–Crippen MR) is 93.5 cm³/mol. The highest BCUT2D eigenvalue weighted by Gasteiger charge is 2.23. The number of hydrogen-bond acceptors (Lipinski definition) is 2. The van der Waals surface area contributed by atoms with E-state index in [9.17, 15) is 9.18 Å². The minimum atomic E-state index is -0.243. The lowest BCUT2D eigenvalue weighted by molar-refractivity contribution is -0.118. The molecule has 0 aliphatic carbocycles. The smallest absolute Gasteiger partial charge is 0.227 e. The maximum absolute atomic E-state index is 12.9. The summed E-state index contributed by atoms with van der Waals surface area (Å²) in [6, 6.07) is 14.5. The molecule has 1 aliphatic heterocycles. The van der Waals surface area contributed by atoms with Gasteiger partial charge in [0, 0.05) is 23.1 Å². The summed E-state index contributed by atoms with van der Waals surface area (Å²) < 4.78 is 12.9. The van der Waals surface area contributed by atoms with Crippen LogP contribution in [0.15, 0.2) is 53.4 Å². The number of amides is 1. The number of rotatable bonds is 3. The number of anilines is 1. The number of thioether (sulfide) groups is 1. The Labute approximate surface area is 140 Å². The molecule has 0 saturated heterocycles. The first-order valence-electron chi connectivity index (χ1n) is 7.94. The van der Waals surface area contributed by atoms with Crippen LogP contribution in [0.4, 0.5) is 10.1 Å². The van der Waals surface area contributed by atoms with E-state index >= 15 is 0 Å². The van der Waals surface area contributed by atoms with Crippen molar-refractivity contribution in [1.82, 2.24) is 0 Å². The van der Waals surface area contributed by atoms with E-state index in [4.69, 9.17) is 0 Å². The molecule has 2 aromatic carbocycles. The Kier molecular flexibility index (Phi) is 5.01. The molecule has 0 aromatic heterocycles. The van der Waals surface area contributed by atoms with Gasteiger partial charge in [0.2, 0.25) is 5.91 Å². The Morgan fingerprint density at radius 2 is 1.96 bits per heavy atom. The maximum atomic E-state index is 12.9. The summed E-state index contributed by atoms with van der Waals surface area (Å²) in [7, 11) is 0. The zero-order valence-corrected chi connectivity index (χ0v) is 14.0. The van der Waals surface area contributed by atoms with Gasteiger partial charge in [0.05, 0.1) is 5.69 Å². The first-order valence-corrected chi connectivity index (χ1v) is 8.82. The van der Waals surface area contributed by atoms with Gasteiger partial charge in [0.1, 0.15) is 5.82 Å². The molecule has 0 spiro atoms. The van der Waals surface area contributed by atoms with Crippen LogP contribution in [0.1, 0.15) is 25.3 Å². The van der Waals surface area contributed by atoms with Crippen LogP contribution in [0.2, 0.25) is 0 Å². The van der Waals surface area contributed by atoms with Crippen LogP contribution in [0.5, 0.6) is 0 Å². The molecule has 1 aliphatic rings. The summed E-state index contributed by atoms with van der Waals surface area (Å²) in [5.41, 5.74) is 2.01. The quantitative estimate of drug-likeness (QED) is 0.815. The lowest BCUT2D eigenvalue weighted by atomic mass is 10.1. The van der Waals surface area contributed by atoms with Crippen molar-refractivity contribution in [2.24, 2.45) is 0 Å². The molecule has 1 unspecified atom stereocenters. The monoisotopic (exact) mass is 329 g/mol. The van der Waals surface area contributed by atoms with Gasteiger partial charge in [-0.3, -0.25) is 4.79 Å². The lowest BCUT2D eigenvalue weighted by Gasteiger charge is -2.22. The van der Waals surface area contributed by atoms with Crippen molar-refractivity contribution >= 4 is 23.4 Å². The van der Waals surface area contributed by atoms with Crippen molar-refractivity contribution in [2.45, 2.75) is 36.3 Å². The van der Waals surface area contributed by atoms with Gasteiger partial charge in [-0.1, -0.05) is 31.2 Å². The molecule has 23 heavy (non-hydrogen) atoms. The molecule has 4 heteroatoms. The van der Waals surface area contributed by atoms with Crippen LogP contribution in [0.25, 0.3) is 0 Å². The number of halogens is 1. The molecule has 3 rings (SSSR count). The number of hydrogen-bond donors (Lipinski definition) is 0. The Morgan fingerprint density at radius 1 is 1.22 bits per heavy atom. The molecule has 1 atom stereocenters. The molecule has 0 bridgehead atoms. The highest BCUT2D eigenvalue weighted by atomic mass is 32.2. The molecule has 0 radical (unpaired) electrons. The number of para-hydroxylation sites is 1. The number of carbonyl (C=O) groups is 1. The van der Waals surface area contributed by atoms with E-state index < -0.39 is 0 Å². The second-order valence-electron chi connectivity index (χ2n) is 5.86. The van der Waals surface area contributed by atoms with Crippen LogP contribution in [0, 0.1) is 5.82 Å². The maximum Gasteiger partial charge on any atom is 0.227 e. The third-order valence-electron chi connectivity index (χ3n) is 4.09. The second-order valence-corrected chi connectivity index (χ2v) is 7.34. The Balaban J connectivity index is 1.72. The average Bonchev–Trinajstić information content (AvgIpc) is 2.72. The average molecular weight is 329 g/mol. The molecule has 2 nitrogen and oxygen atoms in total. The van der Waals surface area contributed by atoms with Gasteiger partial charge in [0.15, 0.2) is 0 Å². The van der Waals surface area contributed by atoms with Gasteiger partial charge >= 0.3 is 0 Å². The summed E-state index contributed by atoms with van der Waals surface area (Å²) in [6.07, 6.45) is 2.07.